The summed E-state index contributed by atoms with van der Waals surface area (Å²) in [6.45, 7) is 6.62. The van der Waals surface area contributed by atoms with Crippen molar-refractivity contribution in [3.63, 3.8) is 0 Å². The van der Waals surface area contributed by atoms with Crippen LogP contribution in [0.4, 0.5) is 0 Å². The van der Waals surface area contributed by atoms with Gasteiger partial charge >= 0.3 is 0 Å². The molecule has 1 aromatic heterocycles. The molecule has 0 saturated heterocycles. The standard InChI is InChI=1S/C10H16N4/c1-7(5-11)14-9(3)10(6-12-4)8(2)13-14/h7,12H,6H2,1-4H3. The summed E-state index contributed by atoms with van der Waals surface area (Å²) >= 11 is 0. The fraction of sp³-hybridized carbons (Fsp3) is 0.600. The van der Waals surface area contributed by atoms with Crippen LogP contribution in [0.25, 0.3) is 0 Å². The van der Waals surface area contributed by atoms with Crippen molar-refractivity contribution < 1.29 is 0 Å². The molecular weight excluding hydrogens is 176 g/mol. The minimum absolute atomic E-state index is 0.195. The van der Waals surface area contributed by atoms with Crippen molar-refractivity contribution in [1.82, 2.24) is 15.1 Å². The molecule has 76 valence electrons. The van der Waals surface area contributed by atoms with Gasteiger partial charge in [-0.3, -0.25) is 4.68 Å². The molecule has 0 saturated carbocycles. The van der Waals surface area contributed by atoms with E-state index in [1.165, 1.54) is 5.56 Å². The fourth-order valence-electron chi connectivity index (χ4n) is 1.56. The number of nitrogens with zero attached hydrogens (tertiary/aromatic N) is 3. The van der Waals surface area contributed by atoms with E-state index in [1.54, 1.807) is 4.68 Å². The molecule has 1 aromatic rings. The number of aryl methyl sites for hydroxylation is 1. The van der Waals surface area contributed by atoms with Gasteiger partial charge in [0.1, 0.15) is 6.04 Å². The highest BCUT2D eigenvalue weighted by Crippen LogP contribution is 2.16. The molecule has 1 atom stereocenters. The number of hydrogen-bond acceptors (Lipinski definition) is 3. The molecule has 14 heavy (non-hydrogen) atoms. The largest absolute Gasteiger partial charge is 0.316 e. The molecule has 0 spiro atoms. The number of hydrogen-bond donors (Lipinski definition) is 1. The summed E-state index contributed by atoms with van der Waals surface area (Å²) in [5, 5.41) is 16.3. The first-order valence-corrected chi connectivity index (χ1v) is 4.70. The number of nitriles is 1. The molecule has 4 heteroatoms. The lowest BCUT2D eigenvalue weighted by atomic mass is 10.2. The third kappa shape index (κ3) is 1.78. The Morgan fingerprint density at radius 3 is 2.71 bits per heavy atom. The van der Waals surface area contributed by atoms with E-state index in [0.717, 1.165) is 17.9 Å². The molecule has 0 aliphatic carbocycles. The Balaban J connectivity index is 3.11. The zero-order valence-corrected chi connectivity index (χ0v) is 9.13. The first-order valence-electron chi connectivity index (χ1n) is 4.70. The Morgan fingerprint density at radius 1 is 1.57 bits per heavy atom. The van der Waals surface area contributed by atoms with E-state index in [0.29, 0.717) is 0 Å². The summed E-state index contributed by atoms with van der Waals surface area (Å²) in [5.74, 6) is 0. The predicted molar refractivity (Wildman–Crippen MR) is 54.8 cm³/mol. The van der Waals surface area contributed by atoms with Crippen LogP contribution in [0, 0.1) is 25.2 Å². The van der Waals surface area contributed by atoms with E-state index in [4.69, 9.17) is 5.26 Å². The van der Waals surface area contributed by atoms with E-state index >= 15 is 0 Å². The molecule has 1 unspecified atom stereocenters. The van der Waals surface area contributed by atoms with E-state index in [-0.39, 0.29) is 6.04 Å². The van der Waals surface area contributed by atoms with Crippen molar-refractivity contribution in [3.8, 4) is 6.07 Å². The third-order valence-electron chi connectivity index (χ3n) is 2.38. The molecule has 1 rings (SSSR count). The average molecular weight is 192 g/mol. The number of rotatable bonds is 3. The lowest BCUT2D eigenvalue weighted by Crippen LogP contribution is -2.09. The maximum atomic E-state index is 8.82. The highest BCUT2D eigenvalue weighted by Gasteiger charge is 2.14. The van der Waals surface area contributed by atoms with Crippen LogP contribution in [0.2, 0.25) is 0 Å². The lowest BCUT2D eigenvalue weighted by Gasteiger charge is -2.06. The van der Waals surface area contributed by atoms with Gasteiger partial charge in [0.25, 0.3) is 0 Å². The summed E-state index contributed by atoms with van der Waals surface area (Å²) in [4.78, 5) is 0. The summed E-state index contributed by atoms with van der Waals surface area (Å²) in [5.41, 5.74) is 3.26. The maximum Gasteiger partial charge on any atom is 0.136 e. The van der Waals surface area contributed by atoms with Crippen LogP contribution in [-0.4, -0.2) is 16.8 Å². The quantitative estimate of drug-likeness (QED) is 0.785. The van der Waals surface area contributed by atoms with Crippen LogP contribution in [0.1, 0.15) is 29.9 Å². The molecule has 1 heterocycles. The summed E-state index contributed by atoms with van der Waals surface area (Å²) < 4.78 is 1.78. The van der Waals surface area contributed by atoms with Crippen molar-refractivity contribution in [3.05, 3.63) is 17.0 Å². The van der Waals surface area contributed by atoms with Gasteiger partial charge in [0, 0.05) is 17.8 Å². The monoisotopic (exact) mass is 192 g/mol. The topological polar surface area (TPSA) is 53.6 Å². The summed E-state index contributed by atoms with van der Waals surface area (Å²) in [6.07, 6.45) is 0. The van der Waals surface area contributed by atoms with Crippen LogP contribution in [0.5, 0.6) is 0 Å². The van der Waals surface area contributed by atoms with E-state index in [1.807, 2.05) is 27.8 Å². The summed E-state index contributed by atoms with van der Waals surface area (Å²) in [6, 6.07) is 1.99. The van der Waals surface area contributed by atoms with Gasteiger partial charge in [0.2, 0.25) is 0 Å². The SMILES string of the molecule is CNCc1c(C)nn(C(C)C#N)c1C. The smallest absolute Gasteiger partial charge is 0.136 e. The Morgan fingerprint density at radius 2 is 2.21 bits per heavy atom. The minimum atomic E-state index is -0.195. The van der Waals surface area contributed by atoms with Crippen LogP contribution in [0.3, 0.4) is 0 Å². The summed E-state index contributed by atoms with van der Waals surface area (Å²) in [7, 11) is 1.91. The van der Waals surface area contributed by atoms with Gasteiger partial charge in [0.05, 0.1) is 11.8 Å². The minimum Gasteiger partial charge on any atom is -0.316 e. The second-order valence-electron chi connectivity index (χ2n) is 3.43. The van der Waals surface area contributed by atoms with Crippen LogP contribution in [0.15, 0.2) is 0 Å². The number of nitrogens with one attached hydrogen (secondary N) is 1. The average Bonchev–Trinajstić information content (AvgIpc) is 2.45. The molecule has 0 radical (unpaired) electrons. The normalized spacial score (nSPS) is 12.5. The molecule has 0 fully saturated rings. The van der Waals surface area contributed by atoms with E-state index < -0.39 is 0 Å². The Hall–Kier alpha value is -1.34. The molecule has 0 aliphatic heterocycles. The van der Waals surface area contributed by atoms with Gasteiger partial charge < -0.3 is 5.32 Å². The molecule has 4 nitrogen and oxygen atoms in total. The molecule has 1 N–H and O–H groups in total. The molecule has 0 aromatic carbocycles. The zero-order valence-electron chi connectivity index (χ0n) is 9.13. The molecule has 0 aliphatic rings. The molecule has 0 amide bonds. The Bertz CT molecular complexity index is 359. The van der Waals surface area contributed by atoms with Gasteiger partial charge in [0.15, 0.2) is 0 Å². The van der Waals surface area contributed by atoms with Gasteiger partial charge in [-0.1, -0.05) is 0 Å². The van der Waals surface area contributed by atoms with Gasteiger partial charge in [-0.05, 0) is 27.8 Å². The lowest BCUT2D eigenvalue weighted by molar-refractivity contribution is 0.570. The Labute approximate surface area is 84.5 Å². The van der Waals surface area contributed by atoms with Gasteiger partial charge in [-0.25, -0.2) is 0 Å². The van der Waals surface area contributed by atoms with Crippen LogP contribution >= 0.6 is 0 Å². The molecule has 0 bridgehead atoms. The second kappa shape index (κ2) is 4.25. The van der Waals surface area contributed by atoms with Crippen molar-refractivity contribution in [2.75, 3.05) is 7.05 Å². The van der Waals surface area contributed by atoms with E-state index in [9.17, 15) is 0 Å². The number of aromatic nitrogens is 2. The van der Waals surface area contributed by atoms with Crippen molar-refractivity contribution in [2.24, 2.45) is 0 Å². The fourth-order valence-corrected chi connectivity index (χ4v) is 1.56. The van der Waals surface area contributed by atoms with Crippen molar-refractivity contribution >= 4 is 0 Å². The van der Waals surface area contributed by atoms with Crippen LogP contribution in [-0.2, 0) is 6.54 Å². The Kier molecular flexibility index (Phi) is 3.26. The zero-order chi connectivity index (χ0) is 10.7. The predicted octanol–water partition coefficient (Wildman–Crippen LogP) is 1.30. The van der Waals surface area contributed by atoms with Crippen LogP contribution < -0.4 is 5.32 Å². The first-order chi connectivity index (χ1) is 6.61. The first kappa shape index (κ1) is 10.7. The van der Waals surface area contributed by atoms with E-state index in [2.05, 4.69) is 16.5 Å². The van der Waals surface area contributed by atoms with Crippen molar-refractivity contribution in [1.29, 1.82) is 5.26 Å². The van der Waals surface area contributed by atoms with Crippen molar-refractivity contribution in [2.45, 2.75) is 33.4 Å². The van der Waals surface area contributed by atoms with Gasteiger partial charge in [-0.15, -0.1) is 0 Å². The third-order valence-corrected chi connectivity index (χ3v) is 2.38. The van der Waals surface area contributed by atoms with Gasteiger partial charge in [-0.2, -0.15) is 10.4 Å². The molecular formula is C10H16N4. The highest BCUT2D eigenvalue weighted by atomic mass is 15.3. The highest BCUT2D eigenvalue weighted by molar-refractivity contribution is 5.25. The maximum absolute atomic E-state index is 8.82. The second-order valence-corrected chi connectivity index (χ2v) is 3.43.